The molecule has 0 heterocycles. The van der Waals surface area contributed by atoms with Gasteiger partial charge in [0.05, 0.1) is 17.1 Å². The summed E-state index contributed by atoms with van der Waals surface area (Å²) in [6, 6.07) is 2.38. The molecule has 18 heavy (non-hydrogen) atoms. The van der Waals surface area contributed by atoms with Crippen molar-refractivity contribution in [1.29, 1.82) is 0 Å². The first-order chi connectivity index (χ1) is 8.32. The fourth-order valence-corrected chi connectivity index (χ4v) is 1.33. The molecule has 0 saturated heterocycles. The Labute approximate surface area is 104 Å². The zero-order valence-electron chi connectivity index (χ0n) is 10.2. The number of nitrogens with two attached hydrogens (primary N) is 2. The summed E-state index contributed by atoms with van der Waals surface area (Å²) in [4.78, 5) is 21.6. The van der Waals surface area contributed by atoms with E-state index in [1.807, 2.05) is 13.8 Å². The predicted octanol–water partition coefficient (Wildman–Crippen LogP) is 1.57. The molecule has 1 rings (SSSR count). The molecule has 0 aliphatic heterocycles. The smallest absolute Gasteiger partial charge is 0.338 e. The van der Waals surface area contributed by atoms with Crippen molar-refractivity contribution in [2.45, 2.75) is 13.8 Å². The van der Waals surface area contributed by atoms with Gasteiger partial charge in [0, 0.05) is 0 Å². The van der Waals surface area contributed by atoms with Crippen molar-refractivity contribution in [3.05, 3.63) is 27.8 Å². The molecular formula is C11H15N3O4. The van der Waals surface area contributed by atoms with E-state index in [2.05, 4.69) is 0 Å². The number of carbonyl (C=O) groups is 1. The highest BCUT2D eigenvalue weighted by Crippen LogP contribution is 2.30. The van der Waals surface area contributed by atoms with E-state index in [0.717, 1.165) is 0 Å². The lowest BCUT2D eigenvalue weighted by Crippen LogP contribution is -2.11. The van der Waals surface area contributed by atoms with Crippen molar-refractivity contribution >= 4 is 23.0 Å². The maximum atomic E-state index is 11.6. The molecule has 0 saturated carbocycles. The summed E-state index contributed by atoms with van der Waals surface area (Å²) in [5, 5.41) is 10.7. The van der Waals surface area contributed by atoms with E-state index in [4.69, 9.17) is 16.2 Å². The van der Waals surface area contributed by atoms with Crippen molar-refractivity contribution in [3.8, 4) is 0 Å². The van der Waals surface area contributed by atoms with Crippen molar-refractivity contribution < 1.29 is 14.5 Å². The topological polar surface area (TPSA) is 121 Å². The average Bonchev–Trinajstić information content (AvgIpc) is 2.24. The molecule has 4 N–H and O–H groups in total. The number of nitro groups is 1. The maximum Gasteiger partial charge on any atom is 0.338 e. The second-order valence-corrected chi connectivity index (χ2v) is 4.25. The zero-order chi connectivity index (χ0) is 13.9. The van der Waals surface area contributed by atoms with Crippen LogP contribution in [0.25, 0.3) is 0 Å². The largest absolute Gasteiger partial charge is 0.462 e. The molecular weight excluding hydrogens is 238 g/mol. The van der Waals surface area contributed by atoms with Crippen molar-refractivity contribution in [1.82, 2.24) is 0 Å². The Morgan fingerprint density at radius 3 is 2.28 bits per heavy atom. The minimum absolute atomic E-state index is 0.108. The summed E-state index contributed by atoms with van der Waals surface area (Å²) in [5.74, 6) is -0.404. The Morgan fingerprint density at radius 2 is 1.89 bits per heavy atom. The Kier molecular flexibility index (Phi) is 4.09. The Bertz CT molecular complexity index is 462. The maximum absolute atomic E-state index is 11.6. The Hall–Kier alpha value is -2.31. The van der Waals surface area contributed by atoms with Crippen LogP contribution in [0.3, 0.4) is 0 Å². The third-order valence-electron chi connectivity index (χ3n) is 2.13. The van der Waals surface area contributed by atoms with E-state index in [0.29, 0.717) is 0 Å². The van der Waals surface area contributed by atoms with Gasteiger partial charge in [0.25, 0.3) is 0 Å². The van der Waals surface area contributed by atoms with Crippen LogP contribution in [0, 0.1) is 16.0 Å². The third-order valence-corrected chi connectivity index (χ3v) is 2.13. The number of esters is 1. The molecule has 0 fully saturated rings. The second kappa shape index (κ2) is 5.35. The highest BCUT2D eigenvalue weighted by molar-refractivity contribution is 5.94. The molecule has 0 amide bonds. The van der Waals surface area contributed by atoms with E-state index in [-0.39, 0.29) is 29.5 Å². The molecule has 0 atom stereocenters. The van der Waals surface area contributed by atoms with Crippen LogP contribution in [0.5, 0.6) is 0 Å². The minimum Gasteiger partial charge on any atom is -0.462 e. The number of anilines is 2. The van der Waals surface area contributed by atoms with Gasteiger partial charge in [-0.05, 0) is 18.1 Å². The van der Waals surface area contributed by atoms with Gasteiger partial charge < -0.3 is 16.2 Å². The molecule has 0 radical (unpaired) electrons. The van der Waals surface area contributed by atoms with Gasteiger partial charge in [-0.3, -0.25) is 10.1 Å². The summed E-state index contributed by atoms with van der Waals surface area (Å²) in [7, 11) is 0. The van der Waals surface area contributed by atoms with Gasteiger partial charge in [-0.15, -0.1) is 0 Å². The van der Waals surface area contributed by atoms with E-state index in [9.17, 15) is 14.9 Å². The van der Waals surface area contributed by atoms with Crippen LogP contribution in [-0.2, 0) is 4.74 Å². The molecule has 1 aromatic carbocycles. The normalized spacial score (nSPS) is 10.4. The number of benzene rings is 1. The zero-order valence-corrected chi connectivity index (χ0v) is 10.2. The summed E-state index contributed by atoms with van der Waals surface area (Å²) < 4.78 is 4.98. The molecule has 0 aliphatic rings. The first kappa shape index (κ1) is 13.8. The number of hydrogen-bond donors (Lipinski definition) is 2. The van der Waals surface area contributed by atoms with Crippen LogP contribution in [0.4, 0.5) is 17.1 Å². The molecule has 0 spiro atoms. The summed E-state index contributed by atoms with van der Waals surface area (Å²) in [6.45, 7) is 4.05. The second-order valence-electron chi connectivity index (χ2n) is 4.25. The summed E-state index contributed by atoms with van der Waals surface area (Å²) >= 11 is 0. The first-order valence-corrected chi connectivity index (χ1v) is 5.33. The minimum atomic E-state index is -0.687. The van der Waals surface area contributed by atoms with E-state index < -0.39 is 16.6 Å². The molecule has 98 valence electrons. The van der Waals surface area contributed by atoms with Crippen LogP contribution in [-0.4, -0.2) is 17.5 Å². The van der Waals surface area contributed by atoms with Crippen LogP contribution in [0.1, 0.15) is 24.2 Å². The van der Waals surface area contributed by atoms with Crippen molar-refractivity contribution in [3.63, 3.8) is 0 Å². The molecule has 0 aliphatic carbocycles. The van der Waals surface area contributed by atoms with E-state index in [1.54, 1.807) is 0 Å². The summed E-state index contributed by atoms with van der Waals surface area (Å²) in [5.41, 5.74) is 10.4. The highest BCUT2D eigenvalue weighted by atomic mass is 16.6. The number of nitrogens with zero attached hydrogens (tertiary/aromatic N) is 1. The van der Waals surface area contributed by atoms with Gasteiger partial charge in [0.15, 0.2) is 0 Å². The van der Waals surface area contributed by atoms with Crippen molar-refractivity contribution in [2.24, 2.45) is 5.92 Å². The summed E-state index contributed by atoms with van der Waals surface area (Å²) in [6.07, 6.45) is 0. The lowest BCUT2D eigenvalue weighted by molar-refractivity contribution is -0.382. The number of hydrogen-bond acceptors (Lipinski definition) is 6. The SMILES string of the molecule is CC(C)COC(=O)c1cc(N)c([N+](=O)[O-])c(N)c1. The lowest BCUT2D eigenvalue weighted by atomic mass is 10.1. The van der Waals surface area contributed by atoms with Gasteiger partial charge >= 0.3 is 11.7 Å². The van der Waals surface area contributed by atoms with Gasteiger partial charge in [-0.25, -0.2) is 4.79 Å². The van der Waals surface area contributed by atoms with Gasteiger partial charge in [-0.2, -0.15) is 0 Å². The number of nitrogen functional groups attached to an aromatic ring is 2. The van der Waals surface area contributed by atoms with Crippen LogP contribution in [0.15, 0.2) is 12.1 Å². The quantitative estimate of drug-likeness (QED) is 0.363. The standard InChI is InChI=1S/C11H15N3O4/c1-6(2)5-18-11(15)7-3-8(12)10(14(16)17)9(13)4-7/h3-4,6H,5,12-13H2,1-2H3. The van der Waals surface area contributed by atoms with E-state index in [1.165, 1.54) is 12.1 Å². The molecule has 7 heteroatoms. The number of carbonyl (C=O) groups excluding carboxylic acids is 1. The predicted molar refractivity (Wildman–Crippen MR) is 67.0 cm³/mol. The third kappa shape index (κ3) is 3.09. The average molecular weight is 253 g/mol. The monoisotopic (exact) mass is 253 g/mol. The van der Waals surface area contributed by atoms with Gasteiger partial charge in [0.1, 0.15) is 11.4 Å². The van der Waals surface area contributed by atoms with Gasteiger partial charge in [-0.1, -0.05) is 13.8 Å². The number of rotatable bonds is 4. The first-order valence-electron chi connectivity index (χ1n) is 5.33. The van der Waals surface area contributed by atoms with Crippen LogP contribution >= 0.6 is 0 Å². The fraction of sp³-hybridized carbons (Fsp3) is 0.364. The van der Waals surface area contributed by atoms with Gasteiger partial charge in [0.2, 0.25) is 0 Å². The van der Waals surface area contributed by atoms with E-state index >= 15 is 0 Å². The fourth-order valence-electron chi connectivity index (χ4n) is 1.33. The number of ether oxygens (including phenoxy) is 1. The highest BCUT2D eigenvalue weighted by Gasteiger charge is 2.20. The Balaban J connectivity index is 2.99. The molecule has 0 bridgehead atoms. The molecule has 0 unspecified atom stereocenters. The molecule has 0 aromatic heterocycles. The van der Waals surface area contributed by atoms with Crippen LogP contribution in [0.2, 0.25) is 0 Å². The van der Waals surface area contributed by atoms with Crippen LogP contribution < -0.4 is 11.5 Å². The van der Waals surface area contributed by atoms with Crippen molar-refractivity contribution in [2.75, 3.05) is 18.1 Å². The molecule has 1 aromatic rings. The molecule has 7 nitrogen and oxygen atoms in total. The lowest BCUT2D eigenvalue weighted by Gasteiger charge is -2.08. The Morgan fingerprint density at radius 1 is 1.39 bits per heavy atom. The number of nitro benzene ring substituents is 1.